The summed E-state index contributed by atoms with van der Waals surface area (Å²) in [6, 6.07) is 13.8. The van der Waals surface area contributed by atoms with Gasteiger partial charge in [-0.1, -0.05) is 50.0 Å². The molecule has 0 amide bonds. The number of ether oxygens (including phenoxy) is 2. The highest BCUT2D eigenvalue weighted by Crippen LogP contribution is 2.58. The van der Waals surface area contributed by atoms with Crippen LogP contribution in [0.5, 0.6) is 11.5 Å². The van der Waals surface area contributed by atoms with Crippen molar-refractivity contribution in [3.63, 3.8) is 0 Å². The van der Waals surface area contributed by atoms with Gasteiger partial charge in [-0.05, 0) is 120 Å². The Morgan fingerprint density at radius 2 is 1.58 bits per heavy atom. The van der Waals surface area contributed by atoms with Crippen LogP contribution in [-0.2, 0) is 18.3 Å². The van der Waals surface area contributed by atoms with Gasteiger partial charge in [0.1, 0.15) is 11.5 Å². The molecule has 3 aliphatic carbocycles. The second kappa shape index (κ2) is 12.6. The maximum Gasteiger partial charge on any atom is 0.119 e. The number of benzene rings is 2. The predicted octanol–water partition coefficient (Wildman–Crippen LogP) is 9.40. The number of fused-ring (bicyclic) bond motifs is 4. The summed E-state index contributed by atoms with van der Waals surface area (Å²) in [6.45, 7) is 4.61. The number of allylic oxidation sites excluding steroid dienone is 2. The molecule has 3 aliphatic rings. The van der Waals surface area contributed by atoms with Gasteiger partial charge in [-0.25, -0.2) is 0 Å². The fraction of sp³-hybridized carbons (Fsp3) is 0.529. The van der Waals surface area contributed by atoms with Gasteiger partial charge >= 0.3 is 0 Å². The normalized spacial score (nSPS) is 23.3. The fourth-order valence-corrected chi connectivity index (χ4v) is 9.48. The number of methoxy groups -OCH3 is 2. The van der Waals surface area contributed by atoms with Gasteiger partial charge in [0.2, 0.25) is 0 Å². The molecule has 0 N–H and O–H groups in total. The van der Waals surface area contributed by atoms with Crippen molar-refractivity contribution in [2.45, 2.75) is 88.7 Å². The van der Waals surface area contributed by atoms with Crippen molar-refractivity contribution in [2.75, 3.05) is 25.7 Å². The van der Waals surface area contributed by atoms with Crippen molar-refractivity contribution in [1.29, 1.82) is 0 Å². The van der Waals surface area contributed by atoms with Crippen molar-refractivity contribution in [3.05, 3.63) is 75.2 Å². The molecule has 2 unspecified atom stereocenters. The summed E-state index contributed by atoms with van der Waals surface area (Å²) in [4.78, 5) is 0. The Morgan fingerprint density at radius 1 is 0.868 bits per heavy atom. The van der Waals surface area contributed by atoms with Gasteiger partial charge in [0.25, 0.3) is 0 Å². The zero-order valence-electron chi connectivity index (χ0n) is 23.7. The Hall–Kier alpha value is -1.78. The van der Waals surface area contributed by atoms with Crippen LogP contribution in [0.4, 0.5) is 0 Å². The van der Waals surface area contributed by atoms with Gasteiger partial charge in [-0.3, -0.25) is 0 Å². The summed E-state index contributed by atoms with van der Waals surface area (Å²) in [5, 5.41) is 3.16. The number of hydrogen-bond acceptors (Lipinski definition) is 4. The van der Waals surface area contributed by atoms with E-state index in [1.807, 2.05) is 0 Å². The molecule has 0 aromatic heterocycles. The average molecular weight is 549 g/mol. The molecule has 38 heavy (non-hydrogen) atoms. The van der Waals surface area contributed by atoms with E-state index in [0.29, 0.717) is 5.25 Å². The van der Waals surface area contributed by atoms with Crippen LogP contribution >= 0.6 is 23.5 Å². The lowest BCUT2D eigenvalue weighted by Gasteiger charge is -2.49. The van der Waals surface area contributed by atoms with Gasteiger partial charge in [0.15, 0.2) is 0 Å². The molecule has 204 valence electrons. The monoisotopic (exact) mass is 548 g/mol. The quantitative estimate of drug-likeness (QED) is 0.275. The van der Waals surface area contributed by atoms with Crippen molar-refractivity contribution >= 4 is 29.1 Å². The number of aryl methyl sites for hydroxylation is 2. The number of thioether (sulfide) groups is 2. The molecule has 0 aliphatic heterocycles. The summed E-state index contributed by atoms with van der Waals surface area (Å²) < 4.78 is 11.3. The van der Waals surface area contributed by atoms with E-state index in [1.165, 1.54) is 66.7 Å². The van der Waals surface area contributed by atoms with Crippen LogP contribution < -0.4 is 9.47 Å². The molecule has 2 aromatic carbocycles. The Morgan fingerprint density at radius 3 is 2.34 bits per heavy atom. The second-order valence-corrected chi connectivity index (χ2v) is 13.4. The van der Waals surface area contributed by atoms with Crippen LogP contribution in [0.25, 0.3) is 5.57 Å². The van der Waals surface area contributed by atoms with E-state index in [0.717, 1.165) is 37.2 Å². The van der Waals surface area contributed by atoms with Crippen LogP contribution in [-0.4, -0.2) is 31.0 Å². The Bertz CT molecular complexity index is 1200. The molecule has 0 bridgehead atoms. The molecule has 2 atom stereocenters. The minimum absolute atomic E-state index is 0.0658. The third kappa shape index (κ3) is 5.45. The zero-order valence-corrected chi connectivity index (χ0v) is 25.4. The fourth-order valence-electron chi connectivity index (χ4n) is 6.76. The zero-order chi connectivity index (χ0) is 26.5. The van der Waals surface area contributed by atoms with Gasteiger partial charge in [-0.2, -0.15) is 11.8 Å². The lowest BCUT2D eigenvalue weighted by Crippen LogP contribution is -2.41. The maximum absolute atomic E-state index is 5.67. The van der Waals surface area contributed by atoms with E-state index in [1.54, 1.807) is 36.5 Å². The van der Waals surface area contributed by atoms with Gasteiger partial charge in [0, 0.05) is 10.7 Å². The topological polar surface area (TPSA) is 18.5 Å². The molecule has 1 spiro atoms. The van der Waals surface area contributed by atoms with Crippen molar-refractivity contribution < 1.29 is 9.47 Å². The van der Waals surface area contributed by atoms with Gasteiger partial charge < -0.3 is 9.47 Å². The van der Waals surface area contributed by atoms with E-state index >= 15 is 0 Å². The van der Waals surface area contributed by atoms with Crippen LogP contribution in [0.2, 0.25) is 0 Å². The largest absolute Gasteiger partial charge is 0.497 e. The van der Waals surface area contributed by atoms with Gasteiger partial charge in [0.05, 0.1) is 14.2 Å². The maximum atomic E-state index is 5.67. The predicted molar refractivity (Wildman–Crippen MR) is 167 cm³/mol. The first-order valence-electron chi connectivity index (χ1n) is 14.6. The van der Waals surface area contributed by atoms with Crippen LogP contribution in [0.1, 0.15) is 87.5 Å². The highest BCUT2D eigenvalue weighted by Gasteiger charge is 2.47. The minimum Gasteiger partial charge on any atom is -0.497 e. The first-order valence-corrected chi connectivity index (χ1v) is 16.7. The summed E-state index contributed by atoms with van der Waals surface area (Å²) >= 11 is 4.28. The lowest BCUT2D eigenvalue weighted by atomic mass is 9.57. The number of hydrogen-bond donors (Lipinski definition) is 0. The molecule has 0 fully saturated rings. The Labute approximate surface area is 239 Å². The molecule has 2 aromatic rings. The highest BCUT2D eigenvalue weighted by atomic mass is 32.2. The molecular weight excluding hydrogens is 505 g/mol. The summed E-state index contributed by atoms with van der Waals surface area (Å²) in [5.41, 5.74) is 11.1. The van der Waals surface area contributed by atoms with E-state index < -0.39 is 0 Å². The van der Waals surface area contributed by atoms with E-state index in [2.05, 4.69) is 79.2 Å². The minimum atomic E-state index is 0.0658. The molecule has 0 saturated carbocycles. The molecule has 0 radical (unpaired) electrons. The molecule has 2 nitrogen and oxygen atoms in total. The van der Waals surface area contributed by atoms with E-state index in [4.69, 9.17) is 9.47 Å². The average Bonchev–Trinajstić information content (AvgIpc) is 2.95. The number of rotatable bonds is 10. The van der Waals surface area contributed by atoms with Crippen molar-refractivity contribution in [1.82, 2.24) is 0 Å². The van der Waals surface area contributed by atoms with Crippen molar-refractivity contribution in [3.8, 4) is 11.5 Å². The first-order chi connectivity index (χ1) is 18.6. The SMILES string of the molecule is CCCCSC=C1CCc2cc(OC)ccc2C12CC1=C(CCc3cc(OC)ccc31)C(SCCCC)C2. The van der Waals surface area contributed by atoms with Gasteiger partial charge in [-0.15, -0.1) is 11.8 Å². The smallest absolute Gasteiger partial charge is 0.119 e. The lowest BCUT2D eigenvalue weighted by molar-refractivity contribution is 0.404. The molecule has 4 heteroatoms. The summed E-state index contributed by atoms with van der Waals surface area (Å²) in [5.74, 6) is 4.44. The third-order valence-electron chi connectivity index (χ3n) is 8.85. The Balaban J connectivity index is 1.63. The molecule has 0 saturated heterocycles. The molecule has 0 heterocycles. The van der Waals surface area contributed by atoms with Crippen LogP contribution in [0, 0.1) is 0 Å². The van der Waals surface area contributed by atoms with Crippen LogP contribution in [0.15, 0.2) is 53.0 Å². The van der Waals surface area contributed by atoms with Crippen molar-refractivity contribution in [2.24, 2.45) is 0 Å². The van der Waals surface area contributed by atoms with E-state index in [9.17, 15) is 0 Å². The molecule has 5 rings (SSSR count). The highest BCUT2D eigenvalue weighted by molar-refractivity contribution is 8.02. The molecular formula is C34H44O2S2. The summed E-state index contributed by atoms with van der Waals surface area (Å²) in [6.07, 6.45) is 12.0. The second-order valence-electron chi connectivity index (χ2n) is 11.1. The Kier molecular flexibility index (Phi) is 9.21. The number of unbranched alkanes of at least 4 members (excludes halogenated alkanes) is 2. The van der Waals surface area contributed by atoms with Crippen LogP contribution in [0.3, 0.4) is 0 Å². The standard InChI is InChI=1S/C34H44O2S2/c1-5-7-17-37-23-26-11-9-25-20-28(36-4)13-16-32(25)34(26)21-31-29-15-12-27(35-3)19-24(29)10-14-30(31)33(22-34)38-18-8-6-2/h12-13,15-16,19-20,23,33H,5-11,14,17-18,21-22H2,1-4H3. The summed E-state index contributed by atoms with van der Waals surface area (Å²) in [7, 11) is 3.58. The first kappa shape index (κ1) is 27.8. The van der Waals surface area contributed by atoms with E-state index in [-0.39, 0.29) is 5.41 Å². The third-order valence-corrected chi connectivity index (χ3v) is 11.2.